The number of hydrogen-bond acceptors (Lipinski definition) is 5. The summed E-state index contributed by atoms with van der Waals surface area (Å²) in [5.74, 6) is 1.81. The molecule has 32 heavy (non-hydrogen) atoms. The lowest BCUT2D eigenvalue weighted by Crippen LogP contribution is -2.44. The van der Waals surface area contributed by atoms with E-state index in [9.17, 15) is 4.79 Å². The van der Waals surface area contributed by atoms with Crippen molar-refractivity contribution in [3.8, 4) is 11.5 Å². The lowest BCUT2D eigenvalue weighted by Gasteiger charge is -2.39. The summed E-state index contributed by atoms with van der Waals surface area (Å²) < 4.78 is 12.6. The number of rotatable bonds is 6. The molecule has 0 saturated heterocycles. The number of carbonyl (C=O) groups excluding carboxylic acids is 1. The van der Waals surface area contributed by atoms with E-state index < -0.39 is 0 Å². The topological polar surface area (TPSA) is 69.5 Å². The quantitative estimate of drug-likeness (QED) is 0.568. The molecule has 0 N–H and O–H groups in total. The average molecular weight is 437 g/mol. The van der Waals surface area contributed by atoms with E-state index in [-0.39, 0.29) is 11.9 Å². The molecule has 0 bridgehead atoms. The molecule has 0 spiro atoms. The summed E-state index contributed by atoms with van der Waals surface area (Å²) in [6, 6.07) is 7.98. The fraction of sp³-hybridized carbons (Fsp3) is 0.480. The predicted octanol–water partition coefficient (Wildman–Crippen LogP) is 4.52. The summed E-state index contributed by atoms with van der Waals surface area (Å²) in [6.07, 6.45) is 6.20. The van der Waals surface area contributed by atoms with Crippen molar-refractivity contribution in [2.75, 3.05) is 14.2 Å². The molecule has 2 aromatic heterocycles. The first-order valence-electron chi connectivity index (χ1n) is 11.2. The Morgan fingerprint density at radius 2 is 1.91 bits per heavy atom. The number of aromatic nitrogens is 3. The largest absolute Gasteiger partial charge is 0.493 e. The normalized spacial score (nSPS) is 18.5. The molecule has 170 valence electrons. The van der Waals surface area contributed by atoms with Crippen molar-refractivity contribution in [2.45, 2.75) is 52.1 Å². The Bertz CT molecular complexity index is 1120. The molecular weight excluding hydrogens is 404 g/mol. The van der Waals surface area contributed by atoms with Gasteiger partial charge in [0, 0.05) is 31.2 Å². The fourth-order valence-corrected chi connectivity index (χ4v) is 4.87. The molecule has 2 atom stereocenters. The Morgan fingerprint density at radius 3 is 2.62 bits per heavy atom. The average Bonchev–Trinajstić information content (AvgIpc) is 3.10. The van der Waals surface area contributed by atoms with E-state index in [2.05, 4.69) is 17.0 Å². The van der Waals surface area contributed by atoms with Gasteiger partial charge in [0.1, 0.15) is 0 Å². The SMILES string of the molecule is COc1ccc(CN(C(=O)c2cnc3c(c2)c(C)nn3C)C2CCCCC2C)cc1OC. The van der Waals surface area contributed by atoms with E-state index >= 15 is 0 Å². The number of aryl methyl sites for hydroxylation is 2. The van der Waals surface area contributed by atoms with Gasteiger partial charge in [-0.25, -0.2) is 4.98 Å². The molecule has 0 radical (unpaired) electrons. The van der Waals surface area contributed by atoms with Gasteiger partial charge in [-0.15, -0.1) is 0 Å². The molecule has 1 aromatic carbocycles. The van der Waals surface area contributed by atoms with Crippen molar-refractivity contribution in [1.82, 2.24) is 19.7 Å². The third kappa shape index (κ3) is 4.16. The molecule has 2 heterocycles. The van der Waals surface area contributed by atoms with Crippen LogP contribution in [0.3, 0.4) is 0 Å². The number of amides is 1. The zero-order valence-corrected chi connectivity index (χ0v) is 19.6. The van der Waals surface area contributed by atoms with Crippen LogP contribution in [-0.4, -0.2) is 45.8 Å². The third-order valence-electron chi connectivity index (χ3n) is 6.64. The van der Waals surface area contributed by atoms with Gasteiger partial charge in [0.15, 0.2) is 17.1 Å². The Balaban J connectivity index is 1.71. The first-order chi connectivity index (χ1) is 15.4. The molecule has 0 aliphatic heterocycles. The van der Waals surface area contributed by atoms with Gasteiger partial charge < -0.3 is 14.4 Å². The van der Waals surface area contributed by atoms with Gasteiger partial charge >= 0.3 is 0 Å². The second-order valence-corrected chi connectivity index (χ2v) is 8.76. The van der Waals surface area contributed by atoms with Crippen molar-refractivity contribution in [1.29, 1.82) is 0 Å². The number of fused-ring (bicyclic) bond motifs is 1. The van der Waals surface area contributed by atoms with E-state index in [0.29, 0.717) is 29.5 Å². The maximum Gasteiger partial charge on any atom is 0.256 e. The van der Waals surface area contributed by atoms with Gasteiger partial charge in [0.25, 0.3) is 5.91 Å². The maximum absolute atomic E-state index is 13.8. The molecule has 2 unspecified atom stereocenters. The van der Waals surface area contributed by atoms with Crippen LogP contribution < -0.4 is 9.47 Å². The lowest BCUT2D eigenvalue weighted by molar-refractivity contribution is 0.0528. The molecule has 1 fully saturated rings. The van der Waals surface area contributed by atoms with E-state index in [0.717, 1.165) is 41.6 Å². The van der Waals surface area contributed by atoms with Crippen LogP contribution in [0.4, 0.5) is 0 Å². The van der Waals surface area contributed by atoms with Gasteiger partial charge in [0.05, 0.1) is 25.5 Å². The van der Waals surface area contributed by atoms with Crippen molar-refractivity contribution >= 4 is 16.9 Å². The van der Waals surface area contributed by atoms with Crippen LogP contribution in [0, 0.1) is 12.8 Å². The number of methoxy groups -OCH3 is 2. The van der Waals surface area contributed by atoms with E-state index in [1.807, 2.05) is 43.1 Å². The highest BCUT2D eigenvalue weighted by Crippen LogP contribution is 2.33. The first-order valence-corrected chi connectivity index (χ1v) is 11.2. The Kier molecular flexibility index (Phi) is 6.35. The van der Waals surface area contributed by atoms with Gasteiger partial charge in [-0.3, -0.25) is 9.48 Å². The smallest absolute Gasteiger partial charge is 0.256 e. The summed E-state index contributed by atoms with van der Waals surface area (Å²) in [7, 11) is 5.13. The molecular formula is C25H32N4O3. The number of nitrogens with zero attached hydrogens (tertiary/aromatic N) is 4. The van der Waals surface area contributed by atoms with Gasteiger partial charge in [-0.05, 0) is 49.4 Å². The lowest BCUT2D eigenvalue weighted by atomic mass is 9.84. The number of benzene rings is 1. The van der Waals surface area contributed by atoms with Crippen molar-refractivity contribution in [3.63, 3.8) is 0 Å². The minimum Gasteiger partial charge on any atom is -0.493 e. The highest BCUT2D eigenvalue weighted by Gasteiger charge is 2.31. The Labute approximate surface area is 189 Å². The molecule has 7 nitrogen and oxygen atoms in total. The van der Waals surface area contributed by atoms with Crippen molar-refractivity contribution in [2.24, 2.45) is 13.0 Å². The minimum absolute atomic E-state index is 0.0104. The standard InChI is InChI=1S/C25H32N4O3/c1-16-8-6-7-9-21(16)29(15-18-10-11-22(31-4)23(12-18)32-5)25(30)19-13-20-17(2)27-28(3)24(20)26-14-19/h10-14,16,21H,6-9,15H2,1-5H3. The van der Waals surface area contributed by atoms with E-state index in [1.165, 1.54) is 6.42 Å². The zero-order chi connectivity index (χ0) is 22.8. The predicted molar refractivity (Wildman–Crippen MR) is 124 cm³/mol. The van der Waals surface area contributed by atoms with Crippen LogP contribution in [-0.2, 0) is 13.6 Å². The van der Waals surface area contributed by atoms with E-state index in [1.54, 1.807) is 25.1 Å². The summed E-state index contributed by atoms with van der Waals surface area (Å²) in [6.45, 7) is 4.71. The van der Waals surface area contributed by atoms with E-state index in [4.69, 9.17) is 9.47 Å². The van der Waals surface area contributed by atoms with Crippen LogP contribution in [0.5, 0.6) is 11.5 Å². The van der Waals surface area contributed by atoms with Gasteiger partial charge in [0.2, 0.25) is 0 Å². The fourth-order valence-electron chi connectivity index (χ4n) is 4.87. The third-order valence-corrected chi connectivity index (χ3v) is 6.64. The minimum atomic E-state index is 0.0104. The van der Waals surface area contributed by atoms with Gasteiger partial charge in [-0.1, -0.05) is 25.8 Å². The summed E-state index contributed by atoms with van der Waals surface area (Å²) in [4.78, 5) is 20.4. The summed E-state index contributed by atoms with van der Waals surface area (Å²) in [5.41, 5.74) is 3.28. The van der Waals surface area contributed by atoms with Crippen molar-refractivity contribution in [3.05, 3.63) is 47.3 Å². The first kappa shape index (κ1) is 22.1. The maximum atomic E-state index is 13.8. The zero-order valence-electron chi connectivity index (χ0n) is 19.6. The molecule has 1 saturated carbocycles. The molecule has 3 aromatic rings. The highest BCUT2D eigenvalue weighted by molar-refractivity contribution is 5.97. The molecule has 1 aliphatic rings. The Morgan fingerprint density at radius 1 is 1.16 bits per heavy atom. The highest BCUT2D eigenvalue weighted by atomic mass is 16.5. The van der Waals surface area contributed by atoms with Crippen LogP contribution in [0.1, 0.15) is 54.2 Å². The second-order valence-electron chi connectivity index (χ2n) is 8.76. The number of carbonyl (C=O) groups is 1. The molecule has 1 amide bonds. The number of ether oxygens (including phenoxy) is 2. The van der Waals surface area contributed by atoms with Crippen LogP contribution in [0.15, 0.2) is 30.5 Å². The summed E-state index contributed by atoms with van der Waals surface area (Å²) in [5, 5.41) is 5.36. The second kappa shape index (κ2) is 9.18. The van der Waals surface area contributed by atoms with Crippen LogP contribution in [0.25, 0.3) is 11.0 Å². The monoisotopic (exact) mass is 436 g/mol. The van der Waals surface area contributed by atoms with Crippen LogP contribution in [0.2, 0.25) is 0 Å². The summed E-state index contributed by atoms with van der Waals surface area (Å²) >= 11 is 0. The number of pyridine rings is 1. The van der Waals surface area contributed by atoms with Gasteiger partial charge in [-0.2, -0.15) is 5.10 Å². The van der Waals surface area contributed by atoms with Crippen molar-refractivity contribution < 1.29 is 14.3 Å². The molecule has 7 heteroatoms. The molecule has 4 rings (SSSR count). The molecule has 1 aliphatic carbocycles. The number of hydrogen-bond donors (Lipinski definition) is 0. The Hall–Kier alpha value is -3.09. The van der Waals surface area contributed by atoms with Crippen LogP contribution >= 0.6 is 0 Å².